The van der Waals surface area contributed by atoms with Crippen LogP contribution in [0.25, 0.3) is 0 Å². The third-order valence-electron chi connectivity index (χ3n) is 2.61. The maximum absolute atomic E-state index is 13.5. The van der Waals surface area contributed by atoms with Crippen molar-refractivity contribution in [3.8, 4) is 0 Å². The molecule has 0 heterocycles. The molecule has 1 aromatic carbocycles. The van der Waals surface area contributed by atoms with Crippen LogP contribution in [0.15, 0.2) is 18.2 Å². The summed E-state index contributed by atoms with van der Waals surface area (Å²) in [5.74, 6) is -5.26. The van der Waals surface area contributed by atoms with Gasteiger partial charge in [0.05, 0.1) is 12.7 Å². The van der Waals surface area contributed by atoms with Crippen LogP contribution in [-0.2, 0) is 9.53 Å². The lowest BCUT2D eigenvalue weighted by Gasteiger charge is -2.17. The Hall–Kier alpha value is -1.78. The Morgan fingerprint density at radius 1 is 1.17 bits per heavy atom. The number of carbonyl (C=O) groups is 2. The molecule has 1 atom stereocenters. The Balaban J connectivity index is 3.22. The Morgan fingerprint density at radius 3 is 2.06 bits per heavy atom. The molecule has 0 bridgehead atoms. The molecule has 1 rings (SSSR count). The average Bonchev–Trinajstić information content (AvgIpc) is 2.28. The van der Waals surface area contributed by atoms with Gasteiger partial charge in [-0.25, -0.2) is 8.78 Å². The fraction of sp³-hybridized carbons (Fsp3) is 0.385. The quantitative estimate of drug-likeness (QED) is 0.472. The molecule has 0 aromatic heterocycles. The molecule has 3 nitrogen and oxygen atoms in total. The van der Waals surface area contributed by atoms with E-state index in [0.29, 0.717) is 0 Å². The van der Waals surface area contributed by atoms with Crippen molar-refractivity contribution in [3.63, 3.8) is 0 Å². The first-order valence-corrected chi connectivity index (χ1v) is 5.46. The molecule has 18 heavy (non-hydrogen) atoms. The topological polar surface area (TPSA) is 43.4 Å². The van der Waals surface area contributed by atoms with E-state index in [1.165, 1.54) is 0 Å². The SMILES string of the molecule is COC(=O)C(C(=O)c1c(F)cccc1F)C(C)C. The van der Waals surface area contributed by atoms with Crippen LogP contribution in [-0.4, -0.2) is 18.9 Å². The standard InChI is InChI=1S/C13H14F2O3/c1-7(2)10(13(17)18-3)12(16)11-8(14)5-4-6-9(11)15/h4-7,10H,1-3H3. The lowest BCUT2D eigenvalue weighted by Crippen LogP contribution is -2.31. The van der Waals surface area contributed by atoms with Crippen LogP contribution < -0.4 is 0 Å². The van der Waals surface area contributed by atoms with Crippen molar-refractivity contribution in [2.24, 2.45) is 11.8 Å². The van der Waals surface area contributed by atoms with Gasteiger partial charge in [0, 0.05) is 0 Å². The summed E-state index contributed by atoms with van der Waals surface area (Å²) in [6.45, 7) is 3.22. The van der Waals surface area contributed by atoms with E-state index in [1.807, 2.05) is 0 Å². The summed E-state index contributed by atoms with van der Waals surface area (Å²) in [6, 6.07) is 3.11. The zero-order valence-electron chi connectivity index (χ0n) is 10.4. The van der Waals surface area contributed by atoms with E-state index in [0.717, 1.165) is 25.3 Å². The van der Waals surface area contributed by atoms with Crippen LogP contribution >= 0.6 is 0 Å². The predicted molar refractivity (Wildman–Crippen MR) is 61.0 cm³/mol. The van der Waals surface area contributed by atoms with Gasteiger partial charge in [0.1, 0.15) is 17.6 Å². The normalized spacial score (nSPS) is 12.3. The molecule has 1 unspecified atom stereocenters. The minimum absolute atomic E-state index is 0.413. The fourth-order valence-electron chi connectivity index (χ4n) is 1.70. The van der Waals surface area contributed by atoms with Crippen molar-refractivity contribution in [1.29, 1.82) is 0 Å². The number of hydrogen-bond acceptors (Lipinski definition) is 3. The average molecular weight is 256 g/mol. The number of ketones is 1. The summed E-state index contributed by atoms with van der Waals surface area (Å²) in [5.41, 5.74) is -0.693. The molecule has 0 radical (unpaired) electrons. The number of benzene rings is 1. The van der Waals surface area contributed by atoms with Crippen molar-refractivity contribution >= 4 is 11.8 Å². The van der Waals surface area contributed by atoms with E-state index < -0.39 is 40.8 Å². The molecular formula is C13H14F2O3. The number of carbonyl (C=O) groups excluding carboxylic acids is 2. The molecule has 0 spiro atoms. The molecule has 0 N–H and O–H groups in total. The van der Waals surface area contributed by atoms with E-state index in [2.05, 4.69) is 4.74 Å². The van der Waals surface area contributed by atoms with E-state index in [9.17, 15) is 18.4 Å². The Morgan fingerprint density at radius 2 is 1.67 bits per heavy atom. The van der Waals surface area contributed by atoms with Gasteiger partial charge in [-0.1, -0.05) is 19.9 Å². The predicted octanol–water partition coefficient (Wildman–Crippen LogP) is 2.59. The molecule has 0 aliphatic rings. The summed E-state index contributed by atoms with van der Waals surface area (Å²) in [5, 5.41) is 0. The van der Waals surface area contributed by atoms with Crippen molar-refractivity contribution < 1.29 is 23.1 Å². The molecule has 1 aromatic rings. The lowest BCUT2D eigenvalue weighted by molar-refractivity contribution is -0.144. The Bertz CT molecular complexity index is 449. The minimum atomic E-state index is -1.21. The minimum Gasteiger partial charge on any atom is -0.468 e. The van der Waals surface area contributed by atoms with E-state index >= 15 is 0 Å². The molecule has 5 heteroatoms. The number of hydrogen-bond donors (Lipinski definition) is 0. The second-order valence-corrected chi connectivity index (χ2v) is 4.21. The monoisotopic (exact) mass is 256 g/mol. The summed E-state index contributed by atoms with van der Waals surface area (Å²) in [7, 11) is 1.13. The zero-order valence-corrected chi connectivity index (χ0v) is 10.4. The van der Waals surface area contributed by atoms with Gasteiger partial charge in [-0.3, -0.25) is 9.59 Å². The van der Waals surface area contributed by atoms with Crippen LogP contribution in [0.1, 0.15) is 24.2 Å². The zero-order chi connectivity index (χ0) is 13.9. The van der Waals surface area contributed by atoms with Crippen molar-refractivity contribution in [3.05, 3.63) is 35.4 Å². The summed E-state index contributed by atoms with van der Waals surface area (Å²) >= 11 is 0. The van der Waals surface area contributed by atoms with Crippen LogP contribution in [0, 0.1) is 23.5 Å². The van der Waals surface area contributed by atoms with Gasteiger partial charge in [0.2, 0.25) is 0 Å². The van der Waals surface area contributed by atoms with Gasteiger partial charge in [-0.2, -0.15) is 0 Å². The van der Waals surface area contributed by atoms with E-state index in [1.54, 1.807) is 13.8 Å². The van der Waals surface area contributed by atoms with Crippen LogP contribution in [0.5, 0.6) is 0 Å². The van der Waals surface area contributed by atoms with Crippen molar-refractivity contribution in [2.75, 3.05) is 7.11 Å². The molecule has 0 saturated carbocycles. The van der Waals surface area contributed by atoms with Gasteiger partial charge in [0.25, 0.3) is 0 Å². The highest BCUT2D eigenvalue weighted by Gasteiger charge is 2.34. The Labute approximate surface area is 104 Å². The first-order valence-electron chi connectivity index (χ1n) is 5.46. The third kappa shape index (κ3) is 2.72. The summed E-state index contributed by atoms with van der Waals surface area (Å²) < 4.78 is 31.4. The molecule has 0 aliphatic heterocycles. The van der Waals surface area contributed by atoms with Gasteiger partial charge in [0.15, 0.2) is 5.78 Å². The fourth-order valence-corrected chi connectivity index (χ4v) is 1.70. The molecular weight excluding hydrogens is 242 g/mol. The lowest BCUT2D eigenvalue weighted by atomic mass is 9.87. The summed E-state index contributed by atoms with van der Waals surface area (Å²) in [6.07, 6.45) is 0. The maximum atomic E-state index is 13.5. The van der Waals surface area contributed by atoms with Gasteiger partial charge in [-0.05, 0) is 18.1 Å². The number of Topliss-reactive ketones (excluding diaryl/α,β-unsaturated/α-hetero) is 1. The van der Waals surface area contributed by atoms with Crippen molar-refractivity contribution in [1.82, 2.24) is 0 Å². The van der Waals surface area contributed by atoms with E-state index in [-0.39, 0.29) is 0 Å². The van der Waals surface area contributed by atoms with Crippen LogP contribution in [0.2, 0.25) is 0 Å². The molecule has 0 amide bonds. The first-order chi connectivity index (χ1) is 8.40. The highest BCUT2D eigenvalue weighted by Crippen LogP contribution is 2.22. The van der Waals surface area contributed by atoms with Gasteiger partial charge in [-0.15, -0.1) is 0 Å². The first kappa shape index (κ1) is 14.3. The van der Waals surface area contributed by atoms with Crippen LogP contribution in [0.3, 0.4) is 0 Å². The maximum Gasteiger partial charge on any atom is 0.316 e. The molecule has 0 saturated heterocycles. The molecule has 0 aliphatic carbocycles. The summed E-state index contributed by atoms with van der Waals surface area (Å²) in [4.78, 5) is 23.6. The number of esters is 1. The second kappa shape index (κ2) is 5.71. The Kier molecular flexibility index (Phi) is 4.53. The number of rotatable bonds is 4. The highest BCUT2D eigenvalue weighted by atomic mass is 19.1. The largest absolute Gasteiger partial charge is 0.468 e. The smallest absolute Gasteiger partial charge is 0.316 e. The second-order valence-electron chi connectivity index (χ2n) is 4.21. The number of halogens is 2. The van der Waals surface area contributed by atoms with Crippen LogP contribution in [0.4, 0.5) is 8.78 Å². The van der Waals surface area contributed by atoms with E-state index in [4.69, 9.17) is 0 Å². The van der Waals surface area contributed by atoms with Gasteiger partial charge < -0.3 is 4.74 Å². The van der Waals surface area contributed by atoms with Crippen molar-refractivity contribution in [2.45, 2.75) is 13.8 Å². The molecule has 98 valence electrons. The van der Waals surface area contributed by atoms with Gasteiger partial charge >= 0.3 is 5.97 Å². The third-order valence-corrected chi connectivity index (χ3v) is 2.61. The molecule has 0 fully saturated rings. The highest BCUT2D eigenvalue weighted by molar-refractivity contribution is 6.09. The number of methoxy groups -OCH3 is 1. The number of ether oxygens (including phenoxy) is 1.